The highest BCUT2D eigenvalue weighted by Gasteiger charge is 2.27. The smallest absolute Gasteiger partial charge is 0.238 e. The van der Waals surface area contributed by atoms with Crippen LogP contribution in [0, 0.1) is 6.92 Å². The fourth-order valence-corrected chi connectivity index (χ4v) is 3.06. The largest absolute Gasteiger partial charge is 0.393 e. The SMILES string of the molecule is Cc1c(Cl)cccc1NC(=O)CN1CCCC1CC(C)O. The predicted molar refractivity (Wildman–Crippen MR) is 85.7 cm³/mol. The summed E-state index contributed by atoms with van der Waals surface area (Å²) in [7, 11) is 0. The van der Waals surface area contributed by atoms with Crippen molar-refractivity contribution in [2.75, 3.05) is 18.4 Å². The first kappa shape index (κ1) is 16.3. The van der Waals surface area contributed by atoms with Gasteiger partial charge in [-0.15, -0.1) is 0 Å². The van der Waals surface area contributed by atoms with Gasteiger partial charge >= 0.3 is 0 Å². The molecular formula is C16H23ClN2O2. The molecule has 0 aliphatic carbocycles. The topological polar surface area (TPSA) is 52.6 Å². The molecule has 1 aliphatic heterocycles. The van der Waals surface area contributed by atoms with Crippen molar-refractivity contribution in [3.05, 3.63) is 28.8 Å². The van der Waals surface area contributed by atoms with E-state index >= 15 is 0 Å². The molecule has 1 aromatic rings. The van der Waals surface area contributed by atoms with Crippen molar-refractivity contribution in [2.45, 2.75) is 45.3 Å². The molecule has 116 valence electrons. The van der Waals surface area contributed by atoms with E-state index in [1.54, 1.807) is 6.92 Å². The minimum Gasteiger partial charge on any atom is -0.393 e. The number of hydrogen-bond acceptors (Lipinski definition) is 3. The van der Waals surface area contributed by atoms with Crippen molar-refractivity contribution in [3.63, 3.8) is 0 Å². The highest BCUT2D eigenvalue weighted by Crippen LogP contribution is 2.24. The van der Waals surface area contributed by atoms with Gasteiger partial charge in [0.2, 0.25) is 5.91 Å². The van der Waals surface area contributed by atoms with Crippen LogP contribution in [-0.4, -0.2) is 41.1 Å². The summed E-state index contributed by atoms with van der Waals surface area (Å²) in [6.45, 7) is 4.97. The molecule has 0 saturated carbocycles. The molecule has 1 fully saturated rings. The first-order chi connectivity index (χ1) is 9.97. The minimum absolute atomic E-state index is 0.0298. The quantitative estimate of drug-likeness (QED) is 0.879. The summed E-state index contributed by atoms with van der Waals surface area (Å²) in [6.07, 6.45) is 2.53. The lowest BCUT2D eigenvalue weighted by atomic mass is 10.1. The molecule has 2 unspecified atom stereocenters. The number of anilines is 1. The number of hydrogen-bond donors (Lipinski definition) is 2. The third-order valence-corrected chi connectivity index (χ3v) is 4.41. The Labute approximate surface area is 131 Å². The molecule has 1 heterocycles. The van der Waals surface area contributed by atoms with Gasteiger partial charge in [0.15, 0.2) is 0 Å². The van der Waals surface area contributed by atoms with Crippen molar-refractivity contribution < 1.29 is 9.90 Å². The van der Waals surface area contributed by atoms with Gasteiger partial charge in [-0.25, -0.2) is 0 Å². The molecule has 1 aliphatic rings. The van der Waals surface area contributed by atoms with E-state index in [1.165, 1.54) is 0 Å². The number of nitrogens with one attached hydrogen (secondary N) is 1. The summed E-state index contributed by atoms with van der Waals surface area (Å²) in [5.41, 5.74) is 1.65. The van der Waals surface area contributed by atoms with E-state index in [4.69, 9.17) is 11.6 Å². The molecule has 0 bridgehead atoms. The molecular weight excluding hydrogens is 288 g/mol. The van der Waals surface area contributed by atoms with E-state index in [0.717, 1.165) is 37.1 Å². The number of aliphatic hydroxyl groups excluding tert-OH is 1. The van der Waals surface area contributed by atoms with Gasteiger partial charge in [0, 0.05) is 16.8 Å². The molecule has 2 rings (SSSR count). The van der Waals surface area contributed by atoms with Crippen LogP contribution in [0.1, 0.15) is 31.7 Å². The summed E-state index contributed by atoms with van der Waals surface area (Å²) in [6, 6.07) is 5.80. The molecule has 1 saturated heterocycles. The second kappa shape index (κ2) is 7.25. The molecule has 1 aromatic carbocycles. The third kappa shape index (κ3) is 4.43. The van der Waals surface area contributed by atoms with Crippen molar-refractivity contribution >= 4 is 23.2 Å². The zero-order valence-corrected chi connectivity index (χ0v) is 13.4. The van der Waals surface area contributed by atoms with Gasteiger partial charge in [-0.2, -0.15) is 0 Å². The molecule has 2 atom stereocenters. The molecule has 21 heavy (non-hydrogen) atoms. The zero-order chi connectivity index (χ0) is 15.4. The number of aliphatic hydroxyl groups is 1. The summed E-state index contributed by atoms with van der Waals surface area (Å²) >= 11 is 6.06. The highest BCUT2D eigenvalue weighted by atomic mass is 35.5. The van der Waals surface area contributed by atoms with Gasteiger partial charge in [-0.1, -0.05) is 17.7 Å². The summed E-state index contributed by atoms with van der Waals surface area (Å²) in [5, 5.41) is 13.1. The lowest BCUT2D eigenvalue weighted by Crippen LogP contribution is -2.38. The lowest BCUT2D eigenvalue weighted by molar-refractivity contribution is -0.117. The maximum atomic E-state index is 12.2. The van der Waals surface area contributed by atoms with Gasteiger partial charge in [0.25, 0.3) is 0 Å². The second-order valence-corrected chi connectivity index (χ2v) is 6.22. The highest BCUT2D eigenvalue weighted by molar-refractivity contribution is 6.31. The van der Waals surface area contributed by atoms with E-state index in [9.17, 15) is 9.90 Å². The van der Waals surface area contributed by atoms with Crippen molar-refractivity contribution in [3.8, 4) is 0 Å². The Morgan fingerprint density at radius 1 is 1.57 bits per heavy atom. The van der Waals surface area contributed by atoms with Gasteiger partial charge in [0.05, 0.1) is 12.6 Å². The van der Waals surface area contributed by atoms with Crippen molar-refractivity contribution in [1.29, 1.82) is 0 Å². The van der Waals surface area contributed by atoms with E-state index in [1.807, 2.05) is 25.1 Å². The molecule has 2 N–H and O–H groups in total. The Morgan fingerprint density at radius 2 is 2.33 bits per heavy atom. The zero-order valence-electron chi connectivity index (χ0n) is 12.6. The molecule has 0 aromatic heterocycles. The molecule has 0 radical (unpaired) electrons. The number of benzene rings is 1. The first-order valence-electron chi connectivity index (χ1n) is 7.44. The average molecular weight is 311 g/mol. The standard InChI is InChI=1S/C16H23ClN2O2/c1-11(20)9-13-5-4-8-19(13)10-16(21)18-15-7-3-6-14(17)12(15)2/h3,6-7,11,13,20H,4-5,8-10H2,1-2H3,(H,18,21). The van der Waals surface area contributed by atoms with Crippen LogP contribution in [0.5, 0.6) is 0 Å². The normalized spacial score (nSPS) is 20.5. The monoisotopic (exact) mass is 310 g/mol. The number of carbonyl (C=O) groups is 1. The maximum absolute atomic E-state index is 12.2. The van der Waals surface area contributed by atoms with Crippen LogP contribution in [0.15, 0.2) is 18.2 Å². The minimum atomic E-state index is -0.325. The third-order valence-electron chi connectivity index (χ3n) is 4.00. The van der Waals surface area contributed by atoms with Gasteiger partial charge < -0.3 is 10.4 Å². The van der Waals surface area contributed by atoms with Crippen LogP contribution < -0.4 is 5.32 Å². The number of carbonyl (C=O) groups excluding carboxylic acids is 1. The Balaban J connectivity index is 1.93. The number of halogens is 1. The second-order valence-electron chi connectivity index (χ2n) is 5.81. The fraction of sp³-hybridized carbons (Fsp3) is 0.562. The van der Waals surface area contributed by atoms with Crippen LogP contribution in [0.3, 0.4) is 0 Å². The van der Waals surface area contributed by atoms with Crippen molar-refractivity contribution in [1.82, 2.24) is 4.90 Å². The molecule has 1 amide bonds. The van der Waals surface area contributed by atoms with Crippen LogP contribution in [0.2, 0.25) is 5.02 Å². The van der Waals surface area contributed by atoms with Gasteiger partial charge in [-0.3, -0.25) is 9.69 Å². The fourth-order valence-electron chi connectivity index (χ4n) is 2.88. The van der Waals surface area contributed by atoms with Crippen molar-refractivity contribution in [2.24, 2.45) is 0 Å². The molecule has 0 spiro atoms. The van der Waals surface area contributed by atoms with E-state index in [-0.39, 0.29) is 12.0 Å². The lowest BCUT2D eigenvalue weighted by Gasteiger charge is -2.25. The Morgan fingerprint density at radius 3 is 3.05 bits per heavy atom. The summed E-state index contributed by atoms with van der Waals surface area (Å²) < 4.78 is 0. The van der Waals surface area contributed by atoms with Crippen LogP contribution in [-0.2, 0) is 4.79 Å². The van der Waals surface area contributed by atoms with Crippen LogP contribution in [0.4, 0.5) is 5.69 Å². The van der Waals surface area contributed by atoms with Crippen LogP contribution >= 0.6 is 11.6 Å². The van der Waals surface area contributed by atoms with E-state index < -0.39 is 0 Å². The van der Waals surface area contributed by atoms with Gasteiger partial charge in [-0.05, 0) is 57.4 Å². The van der Waals surface area contributed by atoms with E-state index in [0.29, 0.717) is 17.6 Å². The average Bonchev–Trinajstić information content (AvgIpc) is 2.81. The summed E-state index contributed by atoms with van der Waals surface area (Å²) in [4.78, 5) is 14.4. The maximum Gasteiger partial charge on any atom is 0.238 e. The molecule has 4 nitrogen and oxygen atoms in total. The number of rotatable bonds is 5. The predicted octanol–water partition coefficient (Wildman–Crippen LogP) is 2.82. The number of likely N-dealkylation sites (tertiary alicyclic amines) is 1. The number of amides is 1. The van der Waals surface area contributed by atoms with Gasteiger partial charge in [0.1, 0.15) is 0 Å². The Bertz CT molecular complexity index is 505. The van der Waals surface area contributed by atoms with Crippen LogP contribution in [0.25, 0.3) is 0 Å². The Hall–Kier alpha value is -1.10. The summed E-state index contributed by atoms with van der Waals surface area (Å²) in [5.74, 6) is -0.0298. The van der Waals surface area contributed by atoms with E-state index in [2.05, 4.69) is 10.2 Å². The number of nitrogens with zero attached hydrogens (tertiary/aromatic N) is 1. The molecule has 5 heteroatoms. The first-order valence-corrected chi connectivity index (χ1v) is 7.82. The Kier molecular flexibility index (Phi) is 5.62.